The first kappa shape index (κ1) is 12.4. The van der Waals surface area contributed by atoms with Gasteiger partial charge in [0.05, 0.1) is 6.10 Å². The standard InChI is InChI=1S/C15H23NO/c1-15(2,3)13-7-5-6-8-14(13)16-11-9-12(10-11)17-4/h5-8,11-12,16H,9-10H2,1-4H3. The van der Waals surface area contributed by atoms with E-state index in [0.29, 0.717) is 12.1 Å². The molecular formula is C15H23NO. The zero-order valence-electron chi connectivity index (χ0n) is 11.3. The van der Waals surface area contributed by atoms with Crippen molar-refractivity contribution in [3.05, 3.63) is 29.8 Å². The molecule has 2 nitrogen and oxygen atoms in total. The molecule has 1 N–H and O–H groups in total. The summed E-state index contributed by atoms with van der Waals surface area (Å²) >= 11 is 0. The molecule has 0 atom stereocenters. The van der Waals surface area contributed by atoms with Crippen LogP contribution < -0.4 is 5.32 Å². The van der Waals surface area contributed by atoms with E-state index in [1.807, 2.05) is 0 Å². The van der Waals surface area contributed by atoms with Crippen molar-refractivity contribution in [1.29, 1.82) is 0 Å². The number of benzene rings is 1. The fourth-order valence-corrected chi connectivity index (χ4v) is 2.36. The Morgan fingerprint density at radius 2 is 1.82 bits per heavy atom. The Morgan fingerprint density at radius 1 is 1.18 bits per heavy atom. The maximum atomic E-state index is 5.31. The van der Waals surface area contributed by atoms with Gasteiger partial charge in [0, 0.05) is 18.8 Å². The van der Waals surface area contributed by atoms with Crippen LogP contribution in [0.3, 0.4) is 0 Å². The first-order valence-corrected chi connectivity index (χ1v) is 6.39. The molecule has 2 rings (SSSR count). The molecule has 0 saturated heterocycles. The average molecular weight is 233 g/mol. The Morgan fingerprint density at radius 3 is 2.41 bits per heavy atom. The zero-order chi connectivity index (χ0) is 12.5. The molecule has 0 aromatic heterocycles. The van der Waals surface area contributed by atoms with Crippen LogP contribution in [0.1, 0.15) is 39.2 Å². The molecule has 1 fully saturated rings. The van der Waals surface area contributed by atoms with Gasteiger partial charge in [-0.25, -0.2) is 0 Å². The summed E-state index contributed by atoms with van der Waals surface area (Å²) in [5.74, 6) is 0. The van der Waals surface area contributed by atoms with Gasteiger partial charge in [-0.3, -0.25) is 0 Å². The van der Waals surface area contributed by atoms with Gasteiger partial charge in [-0.15, -0.1) is 0 Å². The number of para-hydroxylation sites is 1. The molecule has 1 saturated carbocycles. The van der Waals surface area contributed by atoms with Crippen molar-refractivity contribution in [2.75, 3.05) is 12.4 Å². The van der Waals surface area contributed by atoms with Gasteiger partial charge in [-0.2, -0.15) is 0 Å². The smallest absolute Gasteiger partial charge is 0.0610 e. The number of rotatable bonds is 3. The Hall–Kier alpha value is -1.02. The average Bonchev–Trinajstić information content (AvgIpc) is 2.22. The number of hydrogen-bond acceptors (Lipinski definition) is 2. The summed E-state index contributed by atoms with van der Waals surface area (Å²) in [7, 11) is 1.80. The summed E-state index contributed by atoms with van der Waals surface area (Å²) < 4.78 is 5.31. The normalized spacial score (nSPS) is 24.2. The Balaban J connectivity index is 2.06. The molecule has 17 heavy (non-hydrogen) atoms. The molecule has 2 heteroatoms. The van der Waals surface area contributed by atoms with Crippen LogP contribution in [0.25, 0.3) is 0 Å². The molecule has 1 aromatic carbocycles. The van der Waals surface area contributed by atoms with Crippen LogP contribution in [0.4, 0.5) is 5.69 Å². The summed E-state index contributed by atoms with van der Waals surface area (Å²) in [5, 5.41) is 3.64. The molecule has 0 aliphatic heterocycles. The van der Waals surface area contributed by atoms with Crippen molar-refractivity contribution >= 4 is 5.69 Å². The fourth-order valence-electron chi connectivity index (χ4n) is 2.36. The third-order valence-electron chi connectivity index (χ3n) is 3.52. The maximum absolute atomic E-state index is 5.31. The summed E-state index contributed by atoms with van der Waals surface area (Å²) in [6.07, 6.45) is 2.69. The largest absolute Gasteiger partial charge is 0.382 e. The molecule has 1 aromatic rings. The first-order valence-electron chi connectivity index (χ1n) is 6.39. The lowest BCUT2D eigenvalue weighted by Crippen LogP contribution is -2.40. The van der Waals surface area contributed by atoms with Crippen LogP contribution in [-0.2, 0) is 10.2 Å². The van der Waals surface area contributed by atoms with Gasteiger partial charge in [-0.05, 0) is 29.9 Å². The van der Waals surface area contributed by atoms with Gasteiger partial charge in [0.1, 0.15) is 0 Å². The molecular weight excluding hydrogens is 210 g/mol. The van der Waals surface area contributed by atoms with Crippen LogP contribution in [-0.4, -0.2) is 19.3 Å². The minimum atomic E-state index is 0.188. The minimum Gasteiger partial charge on any atom is -0.382 e. The van der Waals surface area contributed by atoms with Gasteiger partial charge >= 0.3 is 0 Å². The van der Waals surface area contributed by atoms with Crippen molar-refractivity contribution < 1.29 is 4.74 Å². The first-order chi connectivity index (χ1) is 8.00. The predicted molar refractivity (Wildman–Crippen MR) is 72.6 cm³/mol. The number of hydrogen-bond donors (Lipinski definition) is 1. The van der Waals surface area contributed by atoms with Gasteiger partial charge in [0.2, 0.25) is 0 Å². The van der Waals surface area contributed by atoms with E-state index in [1.54, 1.807) is 7.11 Å². The molecule has 0 amide bonds. The summed E-state index contributed by atoms with van der Waals surface area (Å²) in [6.45, 7) is 6.77. The summed E-state index contributed by atoms with van der Waals surface area (Å²) in [6, 6.07) is 9.19. The van der Waals surface area contributed by atoms with Crippen molar-refractivity contribution in [1.82, 2.24) is 0 Å². The van der Waals surface area contributed by atoms with E-state index >= 15 is 0 Å². The second-order valence-electron chi connectivity index (χ2n) is 5.97. The highest BCUT2D eigenvalue weighted by atomic mass is 16.5. The second kappa shape index (κ2) is 4.69. The monoisotopic (exact) mass is 233 g/mol. The molecule has 0 bridgehead atoms. The SMILES string of the molecule is COC1CC(Nc2ccccc2C(C)(C)C)C1. The van der Waals surface area contributed by atoms with Gasteiger partial charge in [-0.1, -0.05) is 39.0 Å². The topological polar surface area (TPSA) is 21.3 Å². The molecule has 0 radical (unpaired) electrons. The second-order valence-corrected chi connectivity index (χ2v) is 5.97. The zero-order valence-corrected chi connectivity index (χ0v) is 11.3. The summed E-state index contributed by atoms with van der Waals surface area (Å²) in [4.78, 5) is 0. The van der Waals surface area contributed by atoms with E-state index in [9.17, 15) is 0 Å². The summed E-state index contributed by atoms with van der Waals surface area (Å²) in [5.41, 5.74) is 2.86. The fraction of sp³-hybridized carbons (Fsp3) is 0.600. The van der Waals surface area contributed by atoms with Crippen molar-refractivity contribution in [3.8, 4) is 0 Å². The van der Waals surface area contributed by atoms with Crippen LogP contribution in [0.5, 0.6) is 0 Å². The highest BCUT2D eigenvalue weighted by Crippen LogP contribution is 2.32. The molecule has 0 heterocycles. The van der Waals surface area contributed by atoms with Crippen LogP contribution >= 0.6 is 0 Å². The van der Waals surface area contributed by atoms with Crippen LogP contribution in [0, 0.1) is 0 Å². The molecule has 0 spiro atoms. The van der Waals surface area contributed by atoms with Crippen molar-refractivity contribution in [2.45, 2.75) is 51.2 Å². The van der Waals surface area contributed by atoms with Gasteiger partial charge in [0.25, 0.3) is 0 Å². The van der Waals surface area contributed by atoms with E-state index in [-0.39, 0.29) is 5.41 Å². The molecule has 1 aliphatic carbocycles. The molecule has 1 aliphatic rings. The lowest BCUT2D eigenvalue weighted by Gasteiger charge is -2.36. The highest BCUT2D eigenvalue weighted by Gasteiger charge is 2.29. The predicted octanol–water partition coefficient (Wildman–Crippen LogP) is 3.57. The molecule has 0 unspecified atom stereocenters. The lowest BCUT2D eigenvalue weighted by atomic mass is 9.84. The van der Waals surface area contributed by atoms with Crippen molar-refractivity contribution in [3.63, 3.8) is 0 Å². The third kappa shape index (κ3) is 2.81. The van der Waals surface area contributed by atoms with E-state index in [2.05, 4.69) is 50.4 Å². The highest BCUT2D eigenvalue weighted by molar-refractivity contribution is 5.55. The quantitative estimate of drug-likeness (QED) is 0.861. The van der Waals surface area contributed by atoms with E-state index in [1.165, 1.54) is 11.3 Å². The minimum absolute atomic E-state index is 0.188. The van der Waals surface area contributed by atoms with E-state index < -0.39 is 0 Å². The molecule has 94 valence electrons. The number of anilines is 1. The number of nitrogens with one attached hydrogen (secondary N) is 1. The third-order valence-corrected chi connectivity index (χ3v) is 3.52. The van der Waals surface area contributed by atoms with Crippen LogP contribution in [0.2, 0.25) is 0 Å². The van der Waals surface area contributed by atoms with E-state index in [0.717, 1.165) is 12.8 Å². The Labute approximate surface area is 104 Å². The van der Waals surface area contributed by atoms with Gasteiger partial charge < -0.3 is 10.1 Å². The Bertz CT molecular complexity index is 375. The van der Waals surface area contributed by atoms with Crippen molar-refractivity contribution in [2.24, 2.45) is 0 Å². The van der Waals surface area contributed by atoms with E-state index in [4.69, 9.17) is 4.74 Å². The van der Waals surface area contributed by atoms with Gasteiger partial charge in [0.15, 0.2) is 0 Å². The number of ether oxygens (including phenoxy) is 1. The number of methoxy groups -OCH3 is 1. The maximum Gasteiger partial charge on any atom is 0.0610 e. The lowest BCUT2D eigenvalue weighted by molar-refractivity contribution is 0.0328. The van der Waals surface area contributed by atoms with Crippen LogP contribution in [0.15, 0.2) is 24.3 Å². The Kier molecular flexibility index (Phi) is 3.43.